The maximum absolute atomic E-state index is 11.7. The zero-order valence-electron chi connectivity index (χ0n) is 11.1. The summed E-state index contributed by atoms with van der Waals surface area (Å²) in [5.74, 6) is 0.466. The number of nitrogens with one attached hydrogen (secondary N) is 1. The van der Waals surface area contributed by atoms with Gasteiger partial charge in [0.05, 0.1) is 12.6 Å². The van der Waals surface area contributed by atoms with Gasteiger partial charge in [-0.15, -0.1) is 0 Å². The van der Waals surface area contributed by atoms with Crippen LogP contribution in [0.1, 0.15) is 23.8 Å². The average Bonchev–Trinajstić information content (AvgIpc) is 2.85. The zero-order valence-corrected chi connectivity index (χ0v) is 13.3. The monoisotopic (exact) mass is 382 g/mol. The fourth-order valence-corrected chi connectivity index (χ4v) is 2.12. The number of carbonyl (C=O) groups excluding carboxylic acids is 1. The molecular weight excluding hydrogens is 367 g/mol. The smallest absolute Gasteiger partial charge is 0.244 e. The van der Waals surface area contributed by atoms with Crippen LogP contribution < -0.4 is 5.43 Å². The minimum absolute atomic E-state index is 0.147. The summed E-state index contributed by atoms with van der Waals surface area (Å²) < 4.78 is 6.08. The molecule has 0 aliphatic carbocycles. The molecule has 0 saturated heterocycles. The van der Waals surface area contributed by atoms with Gasteiger partial charge < -0.3 is 4.42 Å². The van der Waals surface area contributed by atoms with Gasteiger partial charge in [-0.2, -0.15) is 5.10 Å². The summed E-state index contributed by atoms with van der Waals surface area (Å²) in [5, 5.41) is 3.86. The van der Waals surface area contributed by atoms with E-state index in [1.165, 1.54) is 11.8 Å². The summed E-state index contributed by atoms with van der Waals surface area (Å²) in [6.45, 7) is 2.10. The number of amides is 1. The Morgan fingerprint density at radius 2 is 1.95 bits per heavy atom. The number of furan rings is 1. The average molecular weight is 382 g/mol. The molecule has 0 spiro atoms. The van der Waals surface area contributed by atoms with Crippen LogP contribution in [0, 0.1) is 3.77 Å². The SMILES string of the molecule is CCc1ccc(CC(=O)N/N=C\c2ccc(I)o2)cc1. The Balaban J connectivity index is 1.84. The Morgan fingerprint density at radius 3 is 2.55 bits per heavy atom. The number of nitrogens with zero attached hydrogens (tertiary/aromatic N) is 1. The lowest BCUT2D eigenvalue weighted by Gasteiger charge is -2.01. The number of benzene rings is 1. The molecule has 0 aliphatic heterocycles. The van der Waals surface area contributed by atoms with Crippen LogP contribution in [0.25, 0.3) is 0 Å². The van der Waals surface area contributed by atoms with Gasteiger partial charge in [0.1, 0.15) is 5.76 Å². The van der Waals surface area contributed by atoms with E-state index in [-0.39, 0.29) is 5.91 Å². The molecule has 0 unspecified atom stereocenters. The van der Waals surface area contributed by atoms with Crippen LogP contribution in [0.3, 0.4) is 0 Å². The van der Waals surface area contributed by atoms with Crippen molar-refractivity contribution in [1.82, 2.24) is 5.43 Å². The summed E-state index contributed by atoms with van der Waals surface area (Å²) in [5.41, 5.74) is 4.72. The quantitative estimate of drug-likeness (QED) is 0.491. The molecule has 5 heteroatoms. The summed E-state index contributed by atoms with van der Waals surface area (Å²) in [7, 11) is 0. The van der Waals surface area contributed by atoms with Crippen LogP contribution in [0.5, 0.6) is 0 Å². The van der Waals surface area contributed by atoms with E-state index < -0.39 is 0 Å². The standard InChI is InChI=1S/C15H15IN2O2/c1-2-11-3-5-12(6-4-11)9-15(19)18-17-10-13-7-8-14(16)20-13/h3-8,10H,2,9H2,1H3,(H,18,19)/b17-10-. The van der Waals surface area contributed by atoms with Crippen LogP contribution in [0.4, 0.5) is 0 Å². The van der Waals surface area contributed by atoms with Crippen LogP contribution in [-0.4, -0.2) is 12.1 Å². The first-order valence-corrected chi connectivity index (χ1v) is 7.40. The third-order valence-corrected chi connectivity index (χ3v) is 3.35. The Labute approximate surface area is 131 Å². The number of carbonyl (C=O) groups is 1. The fourth-order valence-electron chi connectivity index (χ4n) is 1.68. The van der Waals surface area contributed by atoms with E-state index in [2.05, 4.69) is 40.0 Å². The predicted molar refractivity (Wildman–Crippen MR) is 86.7 cm³/mol. The second-order valence-corrected chi connectivity index (χ2v) is 5.35. The van der Waals surface area contributed by atoms with Crippen molar-refractivity contribution in [1.29, 1.82) is 0 Å². The summed E-state index contributed by atoms with van der Waals surface area (Å²) >= 11 is 2.07. The Kier molecular flexibility index (Phi) is 5.34. The third kappa shape index (κ3) is 4.48. The van der Waals surface area contributed by atoms with Gasteiger partial charge >= 0.3 is 0 Å². The number of hydrogen-bond acceptors (Lipinski definition) is 3. The molecular formula is C15H15IN2O2. The normalized spacial score (nSPS) is 10.9. The van der Waals surface area contributed by atoms with E-state index in [9.17, 15) is 4.79 Å². The van der Waals surface area contributed by atoms with Gasteiger partial charge in [0, 0.05) is 0 Å². The molecule has 1 N–H and O–H groups in total. The second-order valence-electron chi connectivity index (χ2n) is 4.28. The topological polar surface area (TPSA) is 54.6 Å². The molecule has 2 aromatic rings. The first-order valence-electron chi connectivity index (χ1n) is 6.32. The molecule has 0 atom stereocenters. The molecule has 2 rings (SSSR count). The molecule has 0 radical (unpaired) electrons. The maximum Gasteiger partial charge on any atom is 0.244 e. The van der Waals surface area contributed by atoms with Crippen molar-refractivity contribution in [3.05, 3.63) is 57.1 Å². The first kappa shape index (κ1) is 14.8. The van der Waals surface area contributed by atoms with Gasteiger partial charge in [-0.3, -0.25) is 4.79 Å². The van der Waals surface area contributed by atoms with Gasteiger partial charge in [-0.1, -0.05) is 31.2 Å². The lowest BCUT2D eigenvalue weighted by atomic mass is 10.1. The number of halogens is 1. The molecule has 0 fully saturated rings. The molecule has 104 valence electrons. The molecule has 1 amide bonds. The Hall–Kier alpha value is -1.63. The minimum Gasteiger partial charge on any atom is -0.449 e. The molecule has 1 heterocycles. The maximum atomic E-state index is 11.7. The number of hydrazone groups is 1. The zero-order chi connectivity index (χ0) is 14.4. The van der Waals surface area contributed by atoms with E-state index >= 15 is 0 Å². The molecule has 4 nitrogen and oxygen atoms in total. The van der Waals surface area contributed by atoms with Crippen LogP contribution >= 0.6 is 22.6 Å². The van der Waals surface area contributed by atoms with Crippen molar-refractivity contribution in [3.63, 3.8) is 0 Å². The molecule has 0 bridgehead atoms. The number of rotatable bonds is 5. The van der Waals surface area contributed by atoms with Crippen LogP contribution in [-0.2, 0) is 17.6 Å². The largest absolute Gasteiger partial charge is 0.449 e. The lowest BCUT2D eigenvalue weighted by molar-refractivity contribution is -0.120. The van der Waals surface area contributed by atoms with Crippen molar-refractivity contribution in [2.45, 2.75) is 19.8 Å². The lowest BCUT2D eigenvalue weighted by Crippen LogP contribution is -2.19. The highest BCUT2D eigenvalue weighted by molar-refractivity contribution is 14.1. The summed E-state index contributed by atoms with van der Waals surface area (Å²) in [6, 6.07) is 11.6. The van der Waals surface area contributed by atoms with Gasteiger partial charge in [-0.25, -0.2) is 5.43 Å². The van der Waals surface area contributed by atoms with Crippen molar-refractivity contribution in [3.8, 4) is 0 Å². The van der Waals surface area contributed by atoms with E-state index in [0.29, 0.717) is 12.2 Å². The second kappa shape index (κ2) is 7.23. The van der Waals surface area contributed by atoms with E-state index in [4.69, 9.17) is 4.42 Å². The Morgan fingerprint density at radius 1 is 1.25 bits per heavy atom. The molecule has 1 aromatic heterocycles. The molecule has 0 saturated carbocycles. The first-order chi connectivity index (χ1) is 9.67. The van der Waals surface area contributed by atoms with Crippen molar-refractivity contribution in [2.75, 3.05) is 0 Å². The summed E-state index contributed by atoms with van der Waals surface area (Å²) in [6.07, 6.45) is 2.80. The van der Waals surface area contributed by atoms with Gasteiger partial charge in [0.15, 0.2) is 3.77 Å². The van der Waals surface area contributed by atoms with Crippen LogP contribution in [0.15, 0.2) is 45.9 Å². The van der Waals surface area contributed by atoms with Crippen LogP contribution in [0.2, 0.25) is 0 Å². The van der Waals surface area contributed by atoms with E-state index in [1.807, 2.05) is 30.3 Å². The molecule has 1 aromatic carbocycles. The molecule has 20 heavy (non-hydrogen) atoms. The van der Waals surface area contributed by atoms with E-state index in [1.54, 1.807) is 6.07 Å². The molecule has 0 aliphatic rings. The summed E-state index contributed by atoms with van der Waals surface area (Å²) in [4.78, 5) is 11.7. The van der Waals surface area contributed by atoms with E-state index in [0.717, 1.165) is 15.8 Å². The Bertz CT molecular complexity index is 603. The predicted octanol–water partition coefficient (Wildman–Crippen LogP) is 3.14. The van der Waals surface area contributed by atoms with Gasteiger partial charge in [-0.05, 0) is 52.3 Å². The number of aryl methyl sites for hydroxylation is 1. The van der Waals surface area contributed by atoms with Crippen molar-refractivity contribution >= 4 is 34.7 Å². The van der Waals surface area contributed by atoms with Crippen molar-refractivity contribution in [2.24, 2.45) is 5.10 Å². The van der Waals surface area contributed by atoms with Crippen molar-refractivity contribution < 1.29 is 9.21 Å². The highest BCUT2D eigenvalue weighted by atomic mass is 127. The fraction of sp³-hybridized carbons (Fsp3) is 0.200. The highest BCUT2D eigenvalue weighted by Crippen LogP contribution is 2.08. The number of hydrogen-bond donors (Lipinski definition) is 1. The van der Waals surface area contributed by atoms with Gasteiger partial charge in [0.25, 0.3) is 0 Å². The van der Waals surface area contributed by atoms with Gasteiger partial charge in [0.2, 0.25) is 5.91 Å². The highest BCUT2D eigenvalue weighted by Gasteiger charge is 2.02. The minimum atomic E-state index is -0.147. The third-order valence-electron chi connectivity index (χ3n) is 2.77.